The van der Waals surface area contributed by atoms with E-state index in [-0.39, 0.29) is 18.3 Å². The summed E-state index contributed by atoms with van der Waals surface area (Å²) in [5.41, 5.74) is 2.03. The number of hydrogen-bond donors (Lipinski definition) is 1. The monoisotopic (exact) mass is 262 g/mol. The molecule has 0 radical (unpaired) electrons. The molecule has 0 aliphatic heterocycles. The summed E-state index contributed by atoms with van der Waals surface area (Å²) in [4.78, 5) is 19.7. The molecule has 0 saturated carbocycles. The van der Waals surface area contributed by atoms with Gasteiger partial charge in [0, 0.05) is 5.56 Å². The van der Waals surface area contributed by atoms with Crippen LogP contribution in [0.5, 0.6) is 6.01 Å². The molecule has 1 N–H and O–H groups in total. The van der Waals surface area contributed by atoms with Gasteiger partial charge >= 0.3 is 6.01 Å². The molecule has 7 heteroatoms. The zero-order valence-corrected chi connectivity index (χ0v) is 10.9. The van der Waals surface area contributed by atoms with E-state index in [0.717, 1.165) is 11.3 Å². The van der Waals surface area contributed by atoms with Crippen molar-refractivity contribution < 1.29 is 14.1 Å². The lowest BCUT2D eigenvalue weighted by atomic mass is 10.1. The first-order valence-electron chi connectivity index (χ1n) is 5.67. The summed E-state index contributed by atoms with van der Waals surface area (Å²) in [7, 11) is 1.48. The van der Waals surface area contributed by atoms with Crippen LogP contribution >= 0.6 is 0 Å². The second kappa shape index (κ2) is 5.47. The fraction of sp³-hybridized carbons (Fsp3) is 0.333. The Bertz CT molecular complexity index is 558. The largest absolute Gasteiger partial charge is 0.467 e. The molecule has 0 aliphatic rings. The van der Waals surface area contributed by atoms with Gasteiger partial charge in [-0.1, -0.05) is 5.16 Å². The minimum absolute atomic E-state index is 0.178. The molecular formula is C12H14N4O3. The van der Waals surface area contributed by atoms with E-state index in [1.807, 2.05) is 0 Å². The molecule has 2 heterocycles. The summed E-state index contributed by atoms with van der Waals surface area (Å²) in [6, 6.07) is 0.253. The molecule has 0 unspecified atom stereocenters. The van der Waals surface area contributed by atoms with Gasteiger partial charge in [0.05, 0.1) is 37.3 Å². The fourth-order valence-electron chi connectivity index (χ4n) is 1.61. The maximum atomic E-state index is 11.9. The molecule has 1 amide bonds. The van der Waals surface area contributed by atoms with E-state index >= 15 is 0 Å². The van der Waals surface area contributed by atoms with Gasteiger partial charge in [0.15, 0.2) is 0 Å². The maximum absolute atomic E-state index is 11.9. The number of ether oxygens (including phenoxy) is 1. The first kappa shape index (κ1) is 13.0. The number of nitrogens with one attached hydrogen (secondary N) is 1. The van der Waals surface area contributed by atoms with Gasteiger partial charge in [-0.25, -0.2) is 9.97 Å². The minimum atomic E-state index is -0.178. The first-order chi connectivity index (χ1) is 9.10. The van der Waals surface area contributed by atoms with Crippen molar-refractivity contribution in [2.75, 3.05) is 12.4 Å². The lowest BCUT2D eigenvalue weighted by Gasteiger charge is -2.04. The second-order valence-electron chi connectivity index (χ2n) is 3.99. The smallest absolute Gasteiger partial charge is 0.316 e. The summed E-state index contributed by atoms with van der Waals surface area (Å²) in [5, 5.41) is 6.50. The topological polar surface area (TPSA) is 90.1 Å². The highest BCUT2D eigenvalue weighted by Crippen LogP contribution is 2.14. The Morgan fingerprint density at radius 1 is 1.37 bits per heavy atom. The Morgan fingerprint density at radius 2 is 2.05 bits per heavy atom. The van der Waals surface area contributed by atoms with E-state index in [2.05, 4.69) is 20.4 Å². The van der Waals surface area contributed by atoms with Crippen LogP contribution in [0.3, 0.4) is 0 Å². The van der Waals surface area contributed by atoms with Gasteiger partial charge in [0.1, 0.15) is 5.76 Å². The number of carbonyl (C=O) groups is 1. The number of anilines is 1. The number of carbonyl (C=O) groups excluding carboxylic acids is 1. The normalized spacial score (nSPS) is 10.3. The SMILES string of the molecule is COc1ncc(NC(=O)Cc2c(C)noc2C)cn1. The van der Waals surface area contributed by atoms with Crippen molar-refractivity contribution in [3.63, 3.8) is 0 Å². The molecule has 0 aliphatic carbocycles. The molecule has 0 aromatic carbocycles. The second-order valence-corrected chi connectivity index (χ2v) is 3.99. The third-order valence-electron chi connectivity index (χ3n) is 2.61. The van der Waals surface area contributed by atoms with Gasteiger partial charge in [-0.15, -0.1) is 0 Å². The molecule has 2 aromatic heterocycles. The van der Waals surface area contributed by atoms with E-state index in [9.17, 15) is 4.79 Å². The molecule has 2 aromatic rings. The number of aromatic nitrogens is 3. The molecule has 19 heavy (non-hydrogen) atoms. The summed E-state index contributed by atoms with van der Waals surface area (Å²) in [6.07, 6.45) is 3.17. The first-order valence-corrected chi connectivity index (χ1v) is 5.67. The third-order valence-corrected chi connectivity index (χ3v) is 2.61. The molecule has 0 spiro atoms. The zero-order valence-electron chi connectivity index (χ0n) is 10.9. The molecule has 0 bridgehead atoms. The van der Waals surface area contributed by atoms with Crippen molar-refractivity contribution >= 4 is 11.6 Å². The van der Waals surface area contributed by atoms with E-state index in [4.69, 9.17) is 9.26 Å². The highest BCUT2D eigenvalue weighted by Gasteiger charge is 2.13. The number of hydrogen-bond acceptors (Lipinski definition) is 6. The van der Waals surface area contributed by atoms with Crippen LogP contribution in [0.15, 0.2) is 16.9 Å². The standard InChI is InChI=1S/C12H14N4O3/c1-7-10(8(2)19-16-7)4-11(17)15-9-5-13-12(18-3)14-6-9/h5-6H,4H2,1-3H3,(H,15,17). The van der Waals surface area contributed by atoms with Crippen LogP contribution in [-0.4, -0.2) is 28.1 Å². The maximum Gasteiger partial charge on any atom is 0.316 e. The average molecular weight is 262 g/mol. The summed E-state index contributed by atoms with van der Waals surface area (Å²) < 4.78 is 9.84. The average Bonchev–Trinajstić information content (AvgIpc) is 2.71. The summed E-state index contributed by atoms with van der Waals surface area (Å²) in [6.45, 7) is 3.58. The van der Waals surface area contributed by atoms with Crippen molar-refractivity contribution in [3.8, 4) is 6.01 Å². The van der Waals surface area contributed by atoms with Crippen molar-refractivity contribution in [2.24, 2.45) is 0 Å². The highest BCUT2D eigenvalue weighted by molar-refractivity contribution is 5.92. The Balaban J connectivity index is 2.01. The Hall–Kier alpha value is -2.44. The number of aryl methyl sites for hydroxylation is 2. The van der Waals surface area contributed by atoms with Crippen LogP contribution in [0, 0.1) is 13.8 Å². The van der Waals surface area contributed by atoms with Crippen LogP contribution < -0.4 is 10.1 Å². The number of amides is 1. The van der Waals surface area contributed by atoms with Crippen LogP contribution in [0.2, 0.25) is 0 Å². The highest BCUT2D eigenvalue weighted by atomic mass is 16.5. The summed E-state index contributed by atoms with van der Waals surface area (Å²) in [5.74, 6) is 0.474. The molecule has 7 nitrogen and oxygen atoms in total. The minimum Gasteiger partial charge on any atom is -0.467 e. The van der Waals surface area contributed by atoms with Gasteiger partial charge in [-0.2, -0.15) is 0 Å². The zero-order chi connectivity index (χ0) is 13.8. The molecule has 0 saturated heterocycles. The molecular weight excluding hydrogens is 248 g/mol. The number of methoxy groups -OCH3 is 1. The van der Waals surface area contributed by atoms with Gasteiger partial charge in [-0.05, 0) is 13.8 Å². The molecule has 0 fully saturated rings. The van der Waals surface area contributed by atoms with Crippen molar-refractivity contribution in [3.05, 3.63) is 29.4 Å². The molecule has 2 rings (SSSR count). The molecule has 100 valence electrons. The van der Waals surface area contributed by atoms with E-state index in [0.29, 0.717) is 11.4 Å². The van der Waals surface area contributed by atoms with Gasteiger partial charge in [0.25, 0.3) is 0 Å². The predicted octanol–water partition coefficient (Wildman–Crippen LogP) is 1.27. The van der Waals surface area contributed by atoms with Crippen LogP contribution in [0.25, 0.3) is 0 Å². The lowest BCUT2D eigenvalue weighted by Crippen LogP contribution is -2.15. The van der Waals surface area contributed by atoms with E-state index in [1.165, 1.54) is 19.5 Å². The quantitative estimate of drug-likeness (QED) is 0.892. The van der Waals surface area contributed by atoms with Crippen molar-refractivity contribution in [1.82, 2.24) is 15.1 Å². The Morgan fingerprint density at radius 3 is 2.58 bits per heavy atom. The Kier molecular flexibility index (Phi) is 3.74. The molecule has 0 atom stereocenters. The fourth-order valence-corrected chi connectivity index (χ4v) is 1.61. The van der Waals surface area contributed by atoms with Crippen LogP contribution in [-0.2, 0) is 11.2 Å². The van der Waals surface area contributed by atoms with Crippen molar-refractivity contribution in [2.45, 2.75) is 20.3 Å². The van der Waals surface area contributed by atoms with Crippen LogP contribution in [0.1, 0.15) is 17.0 Å². The number of rotatable bonds is 4. The summed E-state index contributed by atoms with van der Waals surface area (Å²) >= 11 is 0. The van der Waals surface area contributed by atoms with Gasteiger partial charge in [0.2, 0.25) is 5.91 Å². The lowest BCUT2D eigenvalue weighted by molar-refractivity contribution is -0.115. The third kappa shape index (κ3) is 3.06. The van der Waals surface area contributed by atoms with Crippen LogP contribution in [0.4, 0.5) is 5.69 Å². The Labute approximate surface area is 110 Å². The van der Waals surface area contributed by atoms with Gasteiger partial charge in [-0.3, -0.25) is 4.79 Å². The predicted molar refractivity (Wildman–Crippen MR) is 66.9 cm³/mol. The van der Waals surface area contributed by atoms with Crippen molar-refractivity contribution in [1.29, 1.82) is 0 Å². The van der Waals surface area contributed by atoms with E-state index in [1.54, 1.807) is 13.8 Å². The number of nitrogens with zero attached hydrogens (tertiary/aromatic N) is 3. The van der Waals surface area contributed by atoms with E-state index < -0.39 is 0 Å². The van der Waals surface area contributed by atoms with Gasteiger partial charge < -0.3 is 14.6 Å².